The van der Waals surface area contributed by atoms with Crippen LogP contribution in [0.3, 0.4) is 0 Å². The van der Waals surface area contributed by atoms with Crippen molar-refractivity contribution in [3.05, 3.63) is 85.1 Å². The molecule has 0 spiro atoms. The van der Waals surface area contributed by atoms with Crippen LogP contribution in [0.1, 0.15) is 136 Å². The van der Waals surface area contributed by atoms with Crippen LogP contribution in [0.25, 0.3) is 0 Å². The minimum absolute atomic E-state index is 0.139. The molecule has 0 aliphatic rings. The Morgan fingerprint density at radius 2 is 1.06 bits per heavy atom. The lowest BCUT2D eigenvalue weighted by atomic mass is 10.1. The molecule has 0 aliphatic heterocycles. The Morgan fingerprint density at radius 1 is 0.588 bits per heavy atom. The largest absolute Gasteiger partial charge is 0.469 e. The summed E-state index contributed by atoms with van der Waals surface area (Å²) in [7, 11) is -4.79. The van der Waals surface area contributed by atoms with Crippen molar-refractivity contribution in [1.29, 1.82) is 0 Å². The molecule has 2 atom stereocenters. The number of ether oxygens (including phenoxy) is 2. The maximum absolute atomic E-state index is 12.3. The van der Waals surface area contributed by atoms with Crippen LogP contribution in [0.2, 0.25) is 0 Å². The molecule has 0 radical (unpaired) electrons. The van der Waals surface area contributed by atoms with Gasteiger partial charge in [-0.25, -0.2) is 4.57 Å². The second kappa shape index (κ2) is 35.6. The van der Waals surface area contributed by atoms with E-state index in [0.29, 0.717) is 25.7 Å². The van der Waals surface area contributed by atoms with Crippen LogP contribution < -0.4 is 0 Å². The van der Waals surface area contributed by atoms with Gasteiger partial charge in [-0.1, -0.05) is 118 Å². The van der Waals surface area contributed by atoms with E-state index in [2.05, 4.69) is 85.2 Å². The molecule has 0 aromatic rings. The third kappa shape index (κ3) is 38.3. The van der Waals surface area contributed by atoms with Crippen molar-refractivity contribution >= 4 is 19.8 Å². The van der Waals surface area contributed by atoms with E-state index in [1.165, 1.54) is 19.3 Å². The van der Waals surface area contributed by atoms with Gasteiger partial charge in [0.2, 0.25) is 0 Å². The summed E-state index contributed by atoms with van der Waals surface area (Å²) in [6, 6.07) is 0. The lowest BCUT2D eigenvalue weighted by Gasteiger charge is -2.18. The Bertz CT molecular complexity index is 1110. The monoisotopic (exact) mass is 734 g/mol. The summed E-state index contributed by atoms with van der Waals surface area (Å²) in [4.78, 5) is 42.7. The van der Waals surface area contributed by atoms with E-state index in [9.17, 15) is 19.3 Å². The number of phosphoric acid groups is 1. The first-order valence-electron chi connectivity index (χ1n) is 19.0. The molecule has 0 aromatic heterocycles. The highest BCUT2D eigenvalue weighted by atomic mass is 31.2. The van der Waals surface area contributed by atoms with Crippen LogP contribution in [-0.4, -0.2) is 52.3 Å². The molecular weight excluding hydrogens is 667 g/mol. The molecule has 0 fully saturated rings. The molecule has 9 nitrogen and oxygen atoms in total. The van der Waals surface area contributed by atoms with Crippen LogP contribution in [-0.2, 0) is 28.2 Å². The van der Waals surface area contributed by atoms with Gasteiger partial charge in [-0.15, -0.1) is 0 Å². The van der Waals surface area contributed by atoms with E-state index >= 15 is 0 Å². The average Bonchev–Trinajstić information content (AvgIpc) is 3.09. The lowest BCUT2D eigenvalue weighted by molar-refractivity contribution is -0.161. The smallest absolute Gasteiger partial charge is 0.462 e. The van der Waals surface area contributed by atoms with Crippen LogP contribution >= 0.6 is 7.82 Å². The van der Waals surface area contributed by atoms with Crippen molar-refractivity contribution in [2.45, 2.75) is 148 Å². The first-order valence-corrected chi connectivity index (χ1v) is 20.5. The maximum atomic E-state index is 12.3. The van der Waals surface area contributed by atoms with Crippen LogP contribution in [0.15, 0.2) is 85.1 Å². The first-order chi connectivity index (χ1) is 24.7. The van der Waals surface area contributed by atoms with E-state index in [1.54, 1.807) is 0 Å². The predicted octanol–water partition coefficient (Wildman–Crippen LogP) is 10.3. The van der Waals surface area contributed by atoms with Gasteiger partial charge in [-0.3, -0.25) is 14.1 Å². The van der Waals surface area contributed by atoms with Gasteiger partial charge >= 0.3 is 19.8 Å². The van der Waals surface area contributed by atoms with Gasteiger partial charge in [-0.05, 0) is 89.9 Å². The average molecular weight is 735 g/mol. The Balaban J connectivity index is 4.18. The molecule has 0 aromatic carbocycles. The number of rotatable bonds is 33. The number of allylic oxidation sites excluding steroid dienone is 13. The number of aliphatic hydroxyl groups excluding tert-OH is 1. The van der Waals surface area contributed by atoms with Gasteiger partial charge in [0.1, 0.15) is 6.61 Å². The molecule has 0 saturated heterocycles. The summed E-state index contributed by atoms with van der Waals surface area (Å²) in [6.45, 7) is 3.35. The lowest BCUT2D eigenvalue weighted by Crippen LogP contribution is -2.29. The molecular formula is C41H67O9P. The fraction of sp³-hybridized carbons (Fsp3) is 0.610. The van der Waals surface area contributed by atoms with Gasteiger partial charge in [-0.2, -0.15) is 0 Å². The van der Waals surface area contributed by atoms with Gasteiger partial charge in [0.05, 0.1) is 12.7 Å². The maximum Gasteiger partial charge on any atom is 0.469 e. The molecule has 10 heteroatoms. The first kappa shape index (κ1) is 48.2. The highest BCUT2D eigenvalue weighted by molar-refractivity contribution is 7.46. The van der Waals surface area contributed by atoms with Crippen LogP contribution in [0.5, 0.6) is 0 Å². The summed E-state index contributed by atoms with van der Waals surface area (Å²) in [5.74, 6) is -1.03. The highest BCUT2D eigenvalue weighted by Gasteiger charge is 2.22. The molecule has 0 heterocycles. The van der Waals surface area contributed by atoms with Gasteiger partial charge in [0.15, 0.2) is 6.10 Å². The number of hydrogen-bond donors (Lipinski definition) is 3. The van der Waals surface area contributed by atoms with Crippen molar-refractivity contribution in [2.24, 2.45) is 0 Å². The number of unbranched alkanes of at least 4 members (excludes halogenated alkanes) is 6. The molecule has 1 unspecified atom stereocenters. The number of hydrogen-bond acceptors (Lipinski definition) is 7. The Labute approximate surface area is 308 Å². The zero-order chi connectivity index (χ0) is 37.7. The fourth-order valence-corrected chi connectivity index (χ4v) is 4.98. The Kier molecular flexibility index (Phi) is 33.6. The van der Waals surface area contributed by atoms with Crippen molar-refractivity contribution in [3.63, 3.8) is 0 Å². The molecule has 0 amide bonds. The fourth-order valence-electron chi connectivity index (χ4n) is 4.62. The topological polar surface area (TPSA) is 140 Å². The standard InChI is InChI=1S/C41H67O9P/c1-3-5-6-7-8-9-10-11-12-15-19-22-25-28-31-35-41(44)50-39(37-49-51(45,46)47)36-48-40(43)34-30-27-24-21-18-16-13-14-17-20-23-26-29-33-38(42)32-4-2/h8-9,11-13,16-17,19-22,24,26,29,38-39,42H,3-7,10,14-15,18,23,25,27-28,30-37H2,1-2H3,(H2,45,46,47)/b9-8-,12-11-,16-13-,20-17-,22-19-,24-21-,29-26-/t38?,39-/m1/s1. The van der Waals surface area contributed by atoms with E-state index in [-0.39, 0.29) is 25.6 Å². The summed E-state index contributed by atoms with van der Waals surface area (Å²) in [5.41, 5.74) is 0. The Morgan fingerprint density at radius 3 is 1.57 bits per heavy atom. The summed E-state index contributed by atoms with van der Waals surface area (Å²) < 4.78 is 26.2. The quantitative estimate of drug-likeness (QED) is 0.0260. The number of esters is 2. The molecule has 51 heavy (non-hydrogen) atoms. The van der Waals surface area contributed by atoms with Gasteiger partial charge in [0, 0.05) is 12.8 Å². The van der Waals surface area contributed by atoms with Gasteiger partial charge in [0.25, 0.3) is 0 Å². The number of phosphoric ester groups is 1. The van der Waals surface area contributed by atoms with E-state index < -0.39 is 32.5 Å². The summed E-state index contributed by atoms with van der Waals surface area (Å²) in [6.07, 6.45) is 43.7. The third-order valence-corrected chi connectivity index (χ3v) is 7.93. The van der Waals surface area contributed by atoms with Crippen LogP contribution in [0, 0.1) is 0 Å². The van der Waals surface area contributed by atoms with E-state index in [1.807, 2.05) is 18.2 Å². The SMILES string of the molecule is CCCCC/C=C\C/C=C\C/C=C\CCCCC(=O)O[C@H](COC(=O)CCC/C=C\C/C=C\C/C=C\C/C=C\CC(O)CCC)COP(=O)(O)O. The second-order valence-electron chi connectivity index (χ2n) is 12.4. The molecule has 3 N–H and O–H groups in total. The minimum Gasteiger partial charge on any atom is -0.462 e. The number of aliphatic hydroxyl groups is 1. The molecule has 0 aliphatic carbocycles. The summed E-state index contributed by atoms with van der Waals surface area (Å²) in [5, 5.41) is 9.69. The number of carbonyl (C=O) groups excluding carboxylic acids is 2. The zero-order valence-electron chi connectivity index (χ0n) is 31.3. The Hall–Kier alpha value is -2.81. The van der Waals surface area contributed by atoms with E-state index in [0.717, 1.165) is 64.2 Å². The molecule has 0 rings (SSSR count). The predicted molar refractivity (Wildman–Crippen MR) is 208 cm³/mol. The highest BCUT2D eigenvalue weighted by Crippen LogP contribution is 2.35. The van der Waals surface area contributed by atoms with Crippen LogP contribution in [0.4, 0.5) is 0 Å². The molecule has 290 valence electrons. The molecule has 0 saturated carbocycles. The number of carbonyl (C=O) groups is 2. The second-order valence-corrected chi connectivity index (χ2v) is 13.6. The summed E-state index contributed by atoms with van der Waals surface area (Å²) >= 11 is 0. The normalized spacial score (nSPS) is 14.1. The van der Waals surface area contributed by atoms with E-state index in [4.69, 9.17) is 19.3 Å². The molecule has 0 bridgehead atoms. The minimum atomic E-state index is -4.79. The third-order valence-electron chi connectivity index (χ3n) is 7.44. The van der Waals surface area contributed by atoms with Crippen molar-refractivity contribution in [1.82, 2.24) is 0 Å². The van der Waals surface area contributed by atoms with Crippen molar-refractivity contribution in [2.75, 3.05) is 13.2 Å². The van der Waals surface area contributed by atoms with Crippen molar-refractivity contribution in [3.8, 4) is 0 Å². The van der Waals surface area contributed by atoms with Crippen molar-refractivity contribution < 1.29 is 43.0 Å². The van der Waals surface area contributed by atoms with Gasteiger partial charge < -0.3 is 24.4 Å². The zero-order valence-corrected chi connectivity index (χ0v) is 32.2.